The molecular weight excluding hydrogens is 208 g/mol. The maximum Gasteiger partial charge on any atom is 0.224 e. The molecule has 1 aromatic rings. The first-order valence-corrected chi connectivity index (χ1v) is 6.45. The molecule has 0 bridgehead atoms. The molecule has 1 aliphatic rings. The van der Waals surface area contributed by atoms with Gasteiger partial charge in [-0.25, -0.2) is 4.98 Å². The second-order valence-electron chi connectivity index (χ2n) is 3.50. The maximum absolute atomic E-state index is 4.38. The van der Waals surface area contributed by atoms with Crippen LogP contribution in [0.4, 0.5) is 11.8 Å². The van der Waals surface area contributed by atoms with E-state index in [1.54, 1.807) is 6.20 Å². The average Bonchev–Trinajstić information content (AvgIpc) is 2.71. The lowest BCUT2D eigenvalue weighted by Gasteiger charge is -2.12. The Morgan fingerprint density at radius 2 is 2.53 bits per heavy atom. The van der Waals surface area contributed by atoms with E-state index >= 15 is 0 Å². The predicted molar refractivity (Wildman–Crippen MR) is 65.5 cm³/mol. The number of rotatable bonds is 4. The van der Waals surface area contributed by atoms with Crippen LogP contribution in [0.2, 0.25) is 0 Å². The summed E-state index contributed by atoms with van der Waals surface area (Å²) in [7, 11) is 0. The Morgan fingerprint density at radius 1 is 1.60 bits per heavy atom. The van der Waals surface area contributed by atoms with Crippen LogP contribution in [0.5, 0.6) is 0 Å². The van der Waals surface area contributed by atoms with Gasteiger partial charge in [0.05, 0.1) is 0 Å². The van der Waals surface area contributed by atoms with Crippen LogP contribution < -0.4 is 10.6 Å². The fourth-order valence-electron chi connectivity index (χ4n) is 1.54. The quantitative estimate of drug-likeness (QED) is 0.817. The smallest absolute Gasteiger partial charge is 0.224 e. The van der Waals surface area contributed by atoms with Gasteiger partial charge >= 0.3 is 0 Å². The molecule has 1 atom stereocenters. The lowest BCUT2D eigenvalue weighted by molar-refractivity contribution is 0.805. The van der Waals surface area contributed by atoms with Crippen LogP contribution in [-0.2, 0) is 0 Å². The molecule has 82 valence electrons. The average molecular weight is 224 g/mol. The summed E-state index contributed by atoms with van der Waals surface area (Å²) in [5.74, 6) is 4.06. The van der Waals surface area contributed by atoms with E-state index in [4.69, 9.17) is 0 Å². The third-order valence-corrected chi connectivity index (χ3v) is 3.43. The van der Waals surface area contributed by atoms with Crippen molar-refractivity contribution in [2.75, 3.05) is 28.7 Å². The third-order valence-electron chi connectivity index (χ3n) is 2.27. The molecule has 0 aliphatic carbocycles. The maximum atomic E-state index is 4.38. The zero-order valence-electron chi connectivity index (χ0n) is 8.86. The highest BCUT2D eigenvalue weighted by atomic mass is 32.2. The minimum Gasteiger partial charge on any atom is -0.366 e. The van der Waals surface area contributed by atoms with Crippen molar-refractivity contribution >= 4 is 23.5 Å². The summed E-state index contributed by atoms with van der Waals surface area (Å²) in [6.45, 7) is 2.89. The van der Waals surface area contributed by atoms with Gasteiger partial charge in [0.25, 0.3) is 0 Å². The largest absolute Gasteiger partial charge is 0.366 e. The Morgan fingerprint density at radius 3 is 3.27 bits per heavy atom. The lowest BCUT2D eigenvalue weighted by Crippen LogP contribution is -2.19. The Hall–Kier alpha value is -0.970. The Bertz CT molecular complexity index is 312. The molecule has 1 fully saturated rings. The van der Waals surface area contributed by atoms with E-state index < -0.39 is 0 Å². The van der Waals surface area contributed by atoms with Crippen LogP contribution in [0.25, 0.3) is 0 Å². The molecule has 2 heterocycles. The highest BCUT2D eigenvalue weighted by Crippen LogP contribution is 2.20. The second-order valence-corrected chi connectivity index (χ2v) is 4.65. The van der Waals surface area contributed by atoms with Crippen LogP contribution in [0, 0.1) is 0 Å². The van der Waals surface area contributed by atoms with Crippen LogP contribution in [0.1, 0.15) is 13.3 Å². The third kappa shape index (κ3) is 2.99. The zero-order valence-corrected chi connectivity index (χ0v) is 9.68. The van der Waals surface area contributed by atoms with Gasteiger partial charge in [0.1, 0.15) is 5.82 Å². The number of anilines is 2. The lowest BCUT2D eigenvalue weighted by atomic mass is 10.2. The van der Waals surface area contributed by atoms with Crippen molar-refractivity contribution in [1.82, 2.24) is 9.97 Å². The minimum atomic E-state index is 0.569. The van der Waals surface area contributed by atoms with Crippen molar-refractivity contribution in [3.05, 3.63) is 12.3 Å². The molecule has 4 nitrogen and oxygen atoms in total. The van der Waals surface area contributed by atoms with Crippen LogP contribution >= 0.6 is 11.8 Å². The van der Waals surface area contributed by atoms with Crippen molar-refractivity contribution in [2.24, 2.45) is 0 Å². The van der Waals surface area contributed by atoms with Crippen molar-refractivity contribution in [3.63, 3.8) is 0 Å². The molecule has 1 saturated heterocycles. The molecule has 5 heteroatoms. The van der Waals surface area contributed by atoms with Gasteiger partial charge in [-0.15, -0.1) is 0 Å². The SMILES string of the molecule is CCNc1nccc(NC2CCSC2)n1. The van der Waals surface area contributed by atoms with Crippen LogP contribution in [0.15, 0.2) is 12.3 Å². The summed E-state index contributed by atoms with van der Waals surface area (Å²) < 4.78 is 0. The van der Waals surface area contributed by atoms with Crippen molar-refractivity contribution < 1.29 is 0 Å². The van der Waals surface area contributed by atoms with Gasteiger partial charge in [-0.2, -0.15) is 16.7 Å². The van der Waals surface area contributed by atoms with Gasteiger partial charge in [0.2, 0.25) is 5.95 Å². The minimum absolute atomic E-state index is 0.569. The first-order valence-electron chi connectivity index (χ1n) is 5.29. The van der Waals surface area contributed by atoms with E-state index in [-0.39, 0.29) is 0 Å². The van der Waals surface area contributed by atoms with Gasteiger partial charge in [-0.1, -0.05) is 0 Å². The number of nitrogens with one attached hydrogen (secondary N) is 2. The monoisotopic (exact) mass is 224 g/mol. The normalized spacial score (nSPS) is 20.2. The molecule has 0 saturated carbocycles. The summed E-state index contributed by atoms with van der Waals surface area (Å²) in [6, 6.07) is 2.49. The number of hydrogen-bond acceptors (Lipinski definition) is 5. The van der Waals surface area contributed by atoms with Gasteiger partial charge in [-0.05, 0) is 25.2 Å². The zero-order chi connectivity index (χ0) is 10.5. The molecule has 0 radical (unpaired) electrons. The van der Waals surface area contributed by atoms with E-state index in [0.29, 0.717) is 12.0 Å². The van der Waals surface area contributed by atoms with Gasteiger partial charge in [0, 0.05) is 24.5 Å². The molecule has 15 heavy (non-hydrogen) atoms. The van der Waals surface area contributed by atoms with E-state index in [1.165, 1.54) is 17.9 Å². The summed E-state index contributed by atoms with van der Waals surface area (Å²) in [6.07, 6.45) is 3.01. The van der Waals surface area contributed by atoms with Gasteiger partial charge in [-0.3, -0.25) is 0 Å². The topological polar surface area (TPSA) is 49.8 Å². The highest BCUT2D eigenvalue weighted by Gasteiger charge is 2.15. The first kappa shape index (κ1) is 10.5. The molecule has 1 aromatic heterocycles. The fraction of sp³-hybridized carbons (Fsp3) is 0.600. The van der Waals surface area contributed by atoms with Crippen LogP contribution in [0.3, 0.4) is 0 Å². The Labute approximate surface area is 94.3 Å². The molecular formula is C10H16N4S. The second kappa shape index (κ2) is 5.21. The molecule has 0 amide bonds. The summed E-state index contributed by atoms with van der Waals surface area (Å²) in [4.78, 5) is 8.52. The molecule has 1 unspecified atom stereocenters. The van der Waals surface area contributed by atoms with Crippen molar-refractivity contribution in [2.45, 2.75) is 19.4 Å². The summed E-state index contributed by atoms with van der Waals surface area (Å²) in [5.41, 5.74) is 0. The van der Waals surface area contributed by atoms with Crippen LogP contribution in [-0.4, -0.2) is 34.1 Å². The standard InChI is InChI=1S/C10H16N4S/c1-2-11-10-12-5-3-9(14-10)13-8-4-6-15-7-8/h3,5,8H,2,4,6-7H2,1H3,(H2,11,12,13,14). The van der Waals surface area contributed by atoms with Crippen molar-refractivity contribution in [1.29, 1.82) is 0 Å². The van der Waals surface area contributed by atoms with Gasteiger partial charge in [0.15, 0.2) is 0 Å². The van der Waals surface area contributed by atoms with Crippen molar-refractivity contribution in [3.8, 4) is 0 Å². The molecule has 2 N–H and O–H groups in total. The molecule has 1 aliphatic heterocycles. The van der Waals surface area contributed by atoms with E-state index in [9.17, 15) is 0 Å². The summed E-state index contributed by atoms with van der Waals surface area (Å²) >= 11 is 1.99. The van der Waals surface area contributed by atoms with E-state index in [2.05, 4.69) is 20.6 Å². The number of thioether (sulfide) groups is 1. The Kier molecular flexibility index (Phi) is 3.66. The number of hydrogen-bond donors (Lipinski definition) is 2. The fourth-order valence-corrected chi connectivity index (χ4v) is 2.69. The predicted octanol–water partition coefficient (Wildman–Crippen LogP) is 1.83. The number of aromatic nitrogens is 2. The van der Waals surface area contributed by atoms with E-state index in [1.807, 2.05) is 24.8 Å². The molecule has 0 aromatic carbocycles. The molecule has 0 spiro atoms. The highest BCUT2D eigenvalue weighted by molar-refractivity contribution is 7.99. The van der Waals surface area contributed by atoms with E-state index in [0.717, 1.165) is 12.4 Å². The molecule has 2 rings (SSSR count). The Balaban J connectivity index is 1.97. The van der Waals surface area contributed by atoms with Gasteiger partial charge < -0.3 is 10.6 Å². The first-order chi connectivity index (χ1) is 7.38. The summed E-state index contributed by atoms with van der Waals surface area (Å²) in [5, 5.41) is 6.53. The number of nitrogens with zero attached hydrogens (tertiary/aromatic N) is 2.